The molecule has 0 radical (unpaired) electrons. The minimum absolute atomic E-state index is 0.00978. The van der Waals surface area contributed by atoms with E-state index in [0.717, 1.165) is 10.2 Å². The van der Waals surface area contributed by atoms with E-state index in [4.69, 9.17) is 4.74 Å². The lowest BCUT2D eigenvalue weighted by Gasteiger charge is -2.04. The third kappa shape index (κ3) is 1.77. The maximum atomic E-state index is 5.54. The first-order valence-electron chi connectivity index (χ1n) is 4.44. The lowest BCUT2D eigenvalue weighted by Crippen LogP contribution is -2.06. The number of ether oxygens (including phenoxy) is 1. The second-order valence-electron chi connectivity index (χ2n) is 3.01. The molecule has 1 atom stereocenters. The number of thiazole rings is 1. The van der Waals surface area contributed by atoms with Crippen molar-refractivity contribution in [2.45, 2.75) is 13.0 Å². The number of para-hydroxylation sites is 1. The van der Waals surface area contributed by atoms with E-state index in [-0.39, 0.29) is 6.10 Å². The molecule has 72 valence electrons. The Labute approximate surface area is 86.9 Å². The highest BCUT2D eigenvalue weighted by atomic mass is 32.1. The van der Waals surface area contributed by atoms with Crippen molar-refractivity contribution in [2.24, 2.45) is 0 Å². The second-order valence-corrected chi connectivity index (χ2v) is 4.00. The monoisotopic (exact) mass is 205 g/mol. The zero-order chi connectivity index (χ0) is 9.97. The quantitative estimate of drug-likeness (QED) is 0.717. The van der Waals surface area contributed by atoms with Gasteiger partial charge in [0.25, 0.3) is 5.19 Å². The van der Waals surface area contributed by atoms with Crippen LogP contribution in [0.15, 0.2) is 36.9 Å². The first-order chi connectivity index (χ1) is 6.79. The number of benzene rings is 1. The van der Waals surface area contributed by atoms with Crippen LogP contribution in [-0.2, 0) is 0 Å². The van der Waals surface area contributed by atoms with Gasteiger partial charge in [-0.2, -0.15) is 0 Å². The SMILES string of the molecule is C=C[C@@H](C)Oc1nc2ccccc2s1. The van der Waals surface area contributed by atoms with Crippen molar-refractivity contribution in [3.05, 3.63) is 36.9 Å². The van der Waals surface area contributed by atoms with Crippen LogP contribution in [0.4, 0.5) is 0 Å². The van der Waals surface area contributed by atoms with E-state index in [1.165, 1.54) is 0 Å². The van der Waals surface area contributed by atoms with Gasteiger partial charge in [0.1, 0.15) is 6.10 Å². The highest BCUT2D eigenvalue weighted by Gasteiger charge is 2.05. The summed E-state index contributed by atoms with van der Waals surface area (Å²) in [4.78, 5) is 4.35. The predicted octanol–water partition coefficient (Wildman–Crippen LogP) is 3.25. The molecule has 0 fully saturated rings. The lowest BCUT2D eigenvalue weighted by atomic mass is 10.3. The van der Waals surface area contributed by atoms with Crippen molar-refractivity contribution >= 4 is 21.6 Å². The molecule has 0 saturated heterocycles. The Kier molecular flexibility index (Phi) is 2.50. The third-order valence-corrected chi connectivity index (χ3v) is 2.82. The summed E-state index contributed by atoms with van der Waals surface area (Å²) in [7, 11) is 0. The normalized spacial score (nSPS) is 12.6. The summed E-state index contributed by atoms with van der Waals surface area (Å²) in [5, 5.41) is 0.707. The summed E-state index contributed by atoms with van der Waals surface area (Å²) >= 11 is 1.56. The number of nitrogens with zero attached hydrogens (tertiary/aromatic N) is 1. The van der Waals surface area contributed by atoms with Gasteiger partial charge in [0.05, 0.1) is 10.2 Å². The van der Waals surface area contributed by atoms with Crippen LogP contribution in [0.3, 0.4) is 0 Å². The molecule has 0 aliphatic rings. The Hall–Kier alpha value is -1.35. The molecule has 1 aromatic carbocycles. The smallest absolute Gasteiger partial charge is 0.274 e. The molecule has 2 aromatic rings. The van der Waals surface area contributed by atoms with Gasteiger partial charge >= 0.3 is 0 Å². The largest absolute Gasteiger partial charge is 0.463 e. The van der Waals surface area contributed by atoms with E-state index in [1.54, 1.807) is 17.4 Å². The Morgan fingerprint density at radius 3 is 3.00 bits per heavy atom. The standard InChI is InChI=1S/C11H11NOS/c1-3-8(2)13-11-12-9-6-4-5-7-10(9)14-11/h3-8H,1H2,2H3/t8-/m1/s1. The van der Waals surface area contributed by atoms with Crippen molar-refractivity contribution in [1.82, 2.24) is 4.98 Å². The van der Waals surface area contributed by atoms with Gasteiger partial charge in [0.2, 0.25) is 0 Å². The third-order valence-electron chi connectivity index (χ3n) is 1.89. The molecule has 0 unspecified atom stereocenters. The average molecular weight is 205 g/mol. The van der Waals surface area contributed by atoms with Crippen molar-refractivity contribution in [3.63, 3.8) is 0 Å². The first kappa shape index (κ1) is 9.21. The van der Waals surface area contributed by atoms with Crippen LogP contribution in [0, 0.1) is 0 Å². The summed E-state index contributed by atoms with van der Waals surface area (Å²) in [6, 6.07) is 8.00. The predicted molar refractivity (Wildman–Crippen MR) is 59.9 cm³/mol. The summed E-state index contributed by atoms with van der Waals surface area (Å²) in [6.45, 7) is 5.61. The molecule has 0 aliphatic carbocycles. The molecule has 0 spiro atoms. The Bertz CT molecular complexity index is 416. The van der Waals surface area contributed by atoms with Gasteiger partial charge in [-0.1, -0.05) is 36.1 Å². The highest BCUT2D eigenvalue weighted by Crippen LogP contribution is 2.27. The molecule has 1 heterocycles. The fourth-order valence-electron chi connectivity index (χ4n) is 1.11. The van der Waals surface area contributed by atoms with Crippen LogP contribution in [0.5, 0.6) is 5.19 Å². The van der Waals surface area contributed by atoms with E-state index in [9.17, 15) is 0 Å². The minimum Gasteiger partial charge on any atom is -0.463 e. The fraction of sp³-hybridized carbons (Fsp3) is 0.182. The van der Waals surface area contributed by atoms with Crippen LogP contribution < -0.4 is 4.74 Å². The van der Waals surface area contributed by atoms with Crippen LogP contribution in [0.1, 0.15) is 6.92 Å². The van der Waals surface area contributed by atoms with Crippen molar-refractivity contribution in [1.29, 1.82) is 0 Å². The van der Waals surface area contributed by atoms with Gasteiger partial charge < -0.3 is 4.74 Å². The molecule has 14 heavy (non-hydrogen) atoms. The number of rotatable bonds is 3. The van der Waals surface area contributed by atoms with Gasteiger partial charge in [-0.25, -0.2) is 4.98 Å². The summed E-state index contributed by atoms with van der Waals surface area (Å²) in [5.41, 5.74) is 0.990. The molecular formula is C11H11NOS. The molecule has 2 rings (SSSR count). The zero-order valence-corrected chi connectivity index (χ0v) is 8.75. The first-order valence-corrected chi connectivity index (χ1v) is 5.26. The number of hydrogen-bond donors (Lipinski definition) is 0. The van der Waals surface area contributed by atoms with Gasteiger partial charge in [-0.3, -0.25) is 0 Å². The van der Waals surface area contributed by atoms with Crippen LogP contribution in [-0.4, -0.2) is 11.1 Å². The fourth-order valence-corrected chi connectivity index (χ4v) is 2.01. The molecule has 0 N–H and O–H groups in total. The lowest BCUT2D eigenvalue weighted by molar-refractivity contribution is 0.269. The van der Waals surface area contributed by atoms with E-state index >= 15 is 0 Å². The topological polar surface area (TPSA) is 22.1 Å². The molecule has 2 nitrogen and oxygen atoms in total. The van der Waals surface area contributed by atoms with Gasteiger partial charge in [-0.15, -0.1) is 0 Å². The van der Waals surface area contributed by atoms with Crippen LogP contribution >= 0.6 is 11.3 Å². The van der Waals surface area contributed by atoms with Gasteiger partial charge in [-0.05, 0) is 19.1 Å². The van der Waals surface area contributed by atoms with E-state index in [1.807, 2.05) is 31.2 Å². The second kappa shape index (κ2) is 3.80. The average Bonchev–Trinajstić information content (AvgIpc) is 2.59. The minimum atomic E-state index is 0.00978. The van der Waals surface area contributed by atoms with E-state index in [2.05, 4.69) is 11.6 Å². The van der Waals surface area contributed by atoms with Gasteiger partial charge in [0, 0.05) is 0 Å². The van der Waals surface area contributed by atoms with Crippen molar-refractivity contribution in [3.8, 4) is 5.19 Å². The zero-order valence-electron chi connectivity index (χ0n) is 7.93. The maximum Gasteiger partial charge on any atom is 0.274 e. The molecule has 1 aromatic heterocycles. The molecule has 3 heteroatoms. The van der Waals surface area contributed by atoms with Crippen molar-refractivity contribution < 1.29 is 4.74 Å². The molecule has 0 bridgehead atoms. The molecule has 0 amide bonds. The van der Waals surface area contributed by atoms with Crippen molar-refractivity contribution in [2.75, 3.05) is 0 Å². The highest BCUT2D eigenvalue weighted by molar-refractivity contribution is 7.20. The molecule has 0 saturated carbocycles. The van der Waals surface area contributed by atoms with E-state index < -0.39 is 0 Å². The summed E-state index contributed by atoms with van der Waals surface area (Å²) in [6.07, 6.45) is 1.77. The van der Waals surface area contributed by atoms with Crippen LogP contribution in [0.25, 0.3) is 10.2 Å². The number of aromatic nitrogens is 1. The van der Waals surface area contributed by atoms with Crippen LogP contribution in [0.2, 0.25) is 0 Å². The maximum absolute atomic E-state index is 5.54. The Morgan fingerprint density at radius 1 is 1.50 bits per heavy atom. The summed E-state index contributed by atoms with van der Waals surface area (Å²) in [5.74, 6) is 0. The number of hydrogen-bond acceptors (Lipinski definition) is 3. The summed E-state index contributed by atoms with van der Waals surface area (Å²) < 4.78 is 6.69. The van der Waals surface area contributed by atoms with E-state index in [0.29, 0.717) is 5.19 Å². The van der Waals surface area contributed by atoms with Gasteiger partial charge in [0.15, 0.2) is 0 Å². The molecule has 0 aliphatic heterocycles. The molecular weight excluding hydrogens is 194 g/mol. The Balaban J connectivity index is 2.31. The number of fused-ring (bicyclic) bond motifs is 1. The Morgan fingerprint density at radius 2 is 2.29 bits per heavy atom.